The van der Waals surface area contributed by atoms with Crippen LogP contribution in [0.1, 0.15) is 20.8 Å². The molecule has 0 N–H and O–H groups in total. The Hall–Kier alpha value is -0.853. The second-order valence-electron chi connectivity index (χ2n) is 3.15. The van der Waals surface area contributed by atoms with E-state index in [9.17, 15) is 30.7 Å². The van der Waals surface area contributed by atoms with Gasteiger partial charge in [0, 0.05) is 19.8 Å². The fraction of sp³-hybridized carbons (Fsp3) is 0.800. The largest absolute Gasteiger partial charge is 0.484 e. The van der Waals surface area contributed by atoms with E-state index in [0.29, 0.717) is 19.8 Å². The van der Waals surface area contributed by atoms with Gasteiger partial charge in [0.2, 0.25) is 0 Å². The average Bonchev–Trinajstić information content (AvgIpc) is 2.39. The molecule has 12 heteroatoms. The SMILES string of the molecule is CCO[SiH](OCC)OCC.FC(F)=C(F)OC(F)(F)C(F)F. The fourth-order valence-corrected chi connectivity index (χ4v) is 1.86. The van der Waals surface area contributed by atoms with Crippen LogP contribution in [-0.2, 0) is 18.0 Å². The van der Waals surface area contributed by atoms with Gasteiger partial charge in [0.25, 0.3) is 0 Å². The zero-order valence-electron chi connectivity index (χ0n) is 12.1. The molecule has 4 nitrogen and oxygen atoms in total. The lowest BCUT2D eigenvalue weighted by atomic mass is 10.6. The Morgan fingerprint density at radius 2 is 1.27 bits per heavy atom. The zero-order chi connectivity index (χ0) is 17.8. The summed E-state index contributed by atoms with van der Waals surface area (Å²) in [5, 5.41) is 0. The maximum atomic E-state index is 11.6. The third-order valence-electron chi connectivity index (χ3n) is 1.54. The Kier molecular flexibility index (Phi) is 13.5. The van der Waals surface area contributed by atoms with Crippen LogP contribution in [-0.4, -0.2) is 41.9 Å². The highest BCUT2D eigenvalue weighted by Gasteiger charge is 2.45. The van der Waals surface area contributed by atoms with Gasteiger partial charge in [0.1, 0.15) is 0 Å². The van der Waals surface area contributed by atoms with Crippen molar-refractivity contribution in [2.24, 2.45) is 0 Å². The first-order valence-electron chi connectivity index (χ1n) is 6.02. The van der Waals surface area contributed by atoms with Crippen molar-refractivity contribution in [1.29, 1.82) is 0 Å². The predicted molar refractivity (Wildman–Crippen MR) is 64.4 cm³/mol. The van der Waals surface area contributed by atoms with E-state index in [-0.39, 0.29) is 0 Å². The van der Waals surface area contributed by atoms with Crippen molar-refractivity contribution in [3.05, 3.63) is 12.1 Å². The summed E-state index contributed by atoms with van der Waals surface area (Å²) >= 11 is 0. The normalized spacial score (nSPS) is 11.3. The minimum absolute atomic E-state index is 0.677. The lowest BCUT2D eigenvalue weighted by molar-refractivity contribution is -0.292. The topological polar surface area (TPSA) is 36.9 Å². The minimum atomic E-state index is -5.24. The number of rotatable bonds is 9. The highest BCUT2D eigenvalue weighted by molar-refractivity contribution is 6.36. The molecule has 0 aliphatic rings. The van der Waals surface area contributed by atoms with E-state index < -0.39 is 34.2 Å². The van der Waals surface area contributed by atoms with Gasteiger partial charge in [0.15, 0.2) is 0 Å². The first-order valence-corrected chi connectivity index (χ1v) is 7.44. The molecule has 0 fully saturated rings. The van der Waals surface area contributed by atoms with Crippen LogP contribution in [0.2, 0.25) is 0 Å². The Balaban J connectivity index is 0. The van der Waals surface area contributed by atoms with Gasteiger partial charge < -0.3 is 18.0 Å². The average molecular weight is 362 g/mol. The summed E-state index contributed by atoms with van der Waals surface area (Å²) in [7, 11) is -1.73. The van der Waals surface area contributed by atoms with Crippen LogP contribution in [0.4, 0.5) is 30.7 Å². The van der Waals surface area contributed by atoms with Gasteiger partial charge in [-0.05, 0) is 20.8 Å². The van der Waals surface area contributed by atoms with Crippen molar-refractivity contribution in [3.8, 4) is 0 Å². The molecule has 134 valence electrons. The van der Waals surface area contributed by atoms with Crippen molar-refractivity contribution >= 4 is 9.53 Å². The van der Waals surface area contributed by atoms with E-state index in [2.05, 4.69) is 4.74 Å². The van der Waals surface area contributed by atoms with Crippen LogP contribution in [0.15, 0.2) is 12.1 Å². The molecule has 0 unspecified atom stereocenters. The number of hydrogen-bond acceptors (Lipinski definition) is 4. The maximum Gasteiger partial charge on any atom is 0.484 e. The minimum Gasteiger partial charge on any atom is -0.398 e. The van der Waals surface area contributed by atoms with Crippen molar-refractivity contribution in [2.75, 3.05) is 19.8 Å². The van der Waals surface area contributed by atoms with Gasteiger partial charge in [-0.15, -0.1) is 0 Å². The summed E-state index contributed by atoms with van der Waals surface area (Å²) in [6.07, 6.45) is -12.8. The van der Waals surface area contributed by atoms with E-state index in [1.165, 1.54) is 0 Å². The predicted octanol–water partition coefficient (Wildman–Crippen LogP) is 3.71. The van der Waals surface area contributed by atoms with Crippen LogP contribution < -0.4 is 0 Å². The Morgan fingerprint density at radius 1 is 0.909 bits per heavy atom. The summed E-state index contributed by atoms with van der Waals surface area (Å²) in [5.41, 5.74) is 0. The number of alkyl halides is 4. The fourth-order valence-electron chi connectivity index (χ4n) is 0.755. The third kappa shape index (κ3) is 11.8. The van der Waals surface area contributed by atoms with E-state index in [1.807, 2.05) is 20.8 Å². The Labute approximate surface area is 124 Å². The molecule has 0 saturated heterocycles. The van der Waals surface area contributed by atoms with Crippen LogP contribution in [0.3, 0.4) is 0 Å². The molecule has 0 spiro atoms. The van der Waals surface area contributed by atoms with E-state index in [0.717, 1.165) is 0 Å². The second-order valence-corrected chi connectivity index (χ2v) is 4.73. The van der Waals surface area contributed by atoms with Crippen molar-refractivity contribution in [3.63, 3.8) is 0 Å². The first kappa shape index (κ1) is 23.4. The molecule has 0 radical (unpaired) electrons. The first-order chi connectivity index (χ1) is 10.1. The monoisotopic (exact) mass is 362 g/mol. The summed E-state index contributed by atoms with van der Waals surface area (Å²) in [6.45, 7) is 7.86. The zero-order valence-corrected chi connectivity index (χ0v) is 13.2. The Bertz CT molecular complexity index is 299. The number of hydrogen-bond donors (Lipinski definition) is 0. The van der Waals surface area contributed by atoms with Crippen LogP contribution in [0.25, 0.3) is 0 Å². The smallest absolute Gasteiger partial charge is 0.398 e. The molecule has 22 heavy (non-hydrogen) atoms. The molecular formula is C10H17F7O4Si. The summed E-state index contributed by atoms with van der Waals surface area (Å²) in [5.74, 6) is 0. The van der Waals surface area contributed by atoms with Crippen molar-refractivity contribution < 1.29 is 48.7 Å². The highest BCUT2D eigenvalue weighted by atomic mass is 28.3. The second kappa shape index (κ2) is 12.7. The lowest BCUT2D eigenvalue weighted by Crippen LogP contribution is -2.29. The van der Waals surface area contributed by atoms with Crippen molar-refractivity contribution in [2.45, 2.75) is 33.3 Å². The lowest BCUT2D eigenvalue weighted by Gasteiger charge is -2.13. The van der Waals surface area contributed by atoms with Gasteiger partial charge >= 0.3 is 34.2 Å². The van der Waals surface area contributed by atoms with Gasteiger partial charge in [-0.3, -0.25) is 0 Å². The third-order valence-corrected chi connectivity index (χ3v) is 3.35. The molecule has 0 aromatic rings. The number of ether oxygens (including phenoxy) is 1. The van der Waals surface area contributed by atoms with Crippen LogP contribution in [0.5, 0.6) is 0 Å². The maximum absolute atomic E-state index is 11.6. The quantitative estimate of drug-likeness (QED) is 0.356. The van der Waals surface area contributed by atoms with Gasteiger partial charge in [-0.25, -0.2) is 0 Å². The highest BCUT2D eigenvalue weighted by Crippen LogP contribution is 2.28. The molecule has 0 bridgehead atoms. The molecule has 0 atom stereocenters. The molecular weight excluding hydrogens is 345 g/mol. The summed E-state index contributed by atoms with van der Waals surface area (Å²) in [4.78, 5) is 0. The summed E-state index contributed by atoms with van der Waals surface area (Å²) in [6, 6.07) is -3.01. The van der Waals surface area contributed by atoms with E-state index in [4.69, 9.17) is 13.3 Å². The standard InChI is InChI=1S/C6H16O3Si.C4HF7O/c1-4-7-10(8-5-2)9-6-3;5-1(6)2(7)12-4(10,11)3(8)9/h10H,4-6H2,1-3H3;3H. The van der Waals surface area contributed by atoms with E-state index in [1.54, 1.807) is 0 Å². The molecule has 0 amide bonds. The number of halogens is 7. The molecule has 0 aliphatic carbocycles. The molecule has 0 aliphatic heterocycles. The molecule has 0 rings (SSSR count). The van der Waals surface area contributed by atoms with E-state index >= 15 is 0 Å². The van der Waals surface area contributed by atoms with Gasteiger partial charge in [-0.1, -0.05) is 0 Å². The van der Waals surface area contributed by atoms with Crippen LogP contribution >= 0.6 is 0 Å². The summed E-state index contributed by atoms with van der Waals surface area (Å²) < 4.78 is 96.9. The van der Waals surface area contributed by atoms with Gasteiger partial charge in [-0.2, -0.15) is 30.7 Å². The molecule has 0 heterocycles. The molecule has 0 aromatic heterocycles. The molecule has 0 aromatic carbocycles. The molecule has 0 saturated carbocycles. The van der Waals surface area contributed by atoms with Crippen LogP contribution in [0, 0.1) is 0 Å². The van der Waals surface area contributed by atoms with Crippen molar-refractivity contribution in [1.82, 2.24) is 0 Å². The Morgan fingerprint density at radius 3 is 1.50 bits per heavy atom. The van der Waals surface area contributed by atoms with Gasteiger partial charge in [0.05, 0.1) is 0 Å².